The molecular formula is C22H26N2O3. The van der Waals surface area contributed by atoms with Gasteiger partial charge in [0.15, 0.2) is 0 Å². The van der Waals surface area contributed by atoms with Crippen LogP contribution in [0.3, 0.4) is 0 Å². The van der Waals surface area contributed by atoms with Crippen molar-refractivity contribution in [2.75, 3.05) is 13.1 Å². The summed E-state index contributed by atoms with van der Waals surface area (Å²) >= 11 is 0. The van der Waals surface area contributed by atoms with E-state index < -0.39 is 5.60 Å². The van der Waals surface area contributed by atoms with Crippen LogP contribution in [0, 0.1) is 5.92 Å². The number of aromatic nitrogens is 1. The van der Waals surface area contributed by atoms with E-state index in [9.17, 15) is 9.59 Å². The Labute approximate surface area is 159 Å². The van der Waals surface area contributed by atoms with Crippen molar-refractivity contribution in [2.24, 2.45) is 5.92 Å². The van der Waals surface area contributed by atoms with Crippen LogP contribution in [0.5, 0.6) is 0 Å². The zero-order valence-electron chi connectivity index (χ0n) is 16.1. The predicted octanol–water partition coefficient (Wildman–Crippen LogP) is 3.87. The van der Waals surface area contributed by atoms with Crippen LogP contribution < -0.4 is 5.56 Å². The second kappa shape index (κ2) is 6.55. The lowest BCUT2D eigenvalue weighted by molar-refractivity contribution is 0.0102. The highest BCUT2D eigenvalue weighted by Gasteiger charge is 2.38. The van der Waals surface area contributed by atoms with E-state index in [-0.39, 0.29) is 23.5 Å². The summed E-state index contributed by atoms with van der Waals surface area (Å²) in [7, 11) is 0. The van der Waals surface area contributed by atoms with Crippen LogP contribution in [0.4, 0.5) is 4.79 Å². The quantitative estimate of drug-likeness (QED) is 0.770. The molecule has 3 heterocycles. The molecule has 142 valence electrons. The number of carbonyl (C=O) groups excluding carboxylic acids is 1. The Hall–Kier alpha value is -2.56. The SMILES string of the molecule is CC(C)(C)OC(=O)N1CC2CC(C1)c1ccc(-c3ccccc3)c(=O)n1C2. The molecule has 4 rings (SSSR count). The summed E-state index contributed by atoms with van der Waals surface area (Å²) in [5.74, 6) is 0.468. The molecule has 1 aromatic heterocycles. The number of ether oxygens (including phenoxy) is 1. The third-order valence-corrected chi connectivity index (χ3v) is 5.34. The first-order valence-corrected chi connectivity index (χ1v) is 9.59. The molecule has 1 aromatic carbocycles. The molecule has 0 N–H and O–H groups in total. The summed E-state index contributed by atoms with van der Waals surface area (Å²) in [6.45, 7) is 7.56. The van der Waals surface area contributed by atoms with E-state index in [4.69, 9.17) is 4.74 Å². The number of likely N-dealkylation sites (tertiary alicyclic amines) is 1. The molecule has 2 aliphatic rings. The number of amides is 1. The second-order valence-electron chi connectivity index (χ2n) is 8.64. The van der Waals surface area contributed by atoms with Gasteiger partial charge in [0, 0.05) is 36.8 Å². The largest absolute Gasteiger partial charge is 0.444 e. The molecule has 1 fully saturated rings. The smallest absolute Gasteiger partial charge is 0.410 e. The normalized spacial score (nSPS) is 21.5. The van der Waals surface area contributed by atoms with Crippen molar-refractivity contribution in [3.63, 3.8) is 0 Å². The minimum Gasteiger partial charge on any atom is -0.444 e. The molecule has 1 saturated heterocycles. The van der Waals surface area contributed by atoms with E-state index in [0.29, 0.717) is 19.6 Å². The van der Waals surface area contributed by atoms with Gasteiger partial charge in [-0.15, -0.1) is 0 Å². The van der Waals surface area contributed by atoms with E-state index in [0.717, 1.165) is 23.2 Å². The van der Waals surface area contributed by atoms with Crippen LogP contribution in [0.1, 0.15) is 38.8 Å². The first-order chi connectivity index (χ1) is 12.8. The molecule has 27 heavy (non-hydrogen) atoms. The molecule has 2 aliphatic heterocycles. The van der Waals surface area contributed by atoms with Gasteiger partial charge in [0.25, 0.3) is 5.56 Å². The zero-order valence-corrected chi connectivity index (χ0v) is 16.1. The minimum atomic E-state index is -0.497. The van der Waals surface area contributed by atoms with Gasteiger partial charge in [-0.25, -0.2) is 4.79 Å². The highest BCUT2D eigenvalue weighted by Crippen LogP contribution is 2.36. The molecule has 0 spiro atoms. The van der Waals surface area contributed by atoms with E-state index in [1.54, 1.807) is 0 Å². The molecule has 5 heteroatoms. The highest BCUT2D eigenvalue weighted by atomic mass is 16.6. The number of benzene rings is 1. The van der Waals surface area contributed by atoms with Crippen molar-refractivity contribution in [1.29, 1.82) is 0 Å². The molecule has 0 saturated carbocycles. The van der Waals surface area contributed by atoms with Crippen LogP contribution in [0.2, 0.25) is 0 Å². The van der Waals surface area contributed by atoms with E-state index in [2.05, 4.69) is 6.07 Å². The Bertz CT molecular complexity index is 911. The third-order valence-electron chi connectivity index (χ3n) is 5.34. The maximum absolute atomic E-state index is 13.1. The lowest BCUT2D eigenvalue weighted by atomic mass is 9.83. The highest BCUT2D eigenvalue weighted by molar-refractivity contribution is 5.68. The Kier molecular flexibility index (Phi) is 4.33. The molecular weight excluding hydrogens is 340 g/mol. The number of carbonyl (C=O) groups is 1. The fourth-order valence-corrected chi connectivity index (χ4v) is 4.26. The van der Waals surface area contributed by atoms with Crippen LogP contribution in [0.15, 0.2) is 47.3 Å². The average molecular weight is 366 g/mol. The van der Waals surface area contributed by atoms with Crippen molar-refractivity contribution in [3.05, 3.63) is 58.5 Å². The van der Waals surface area contributed by atoms with Gasteiger partial charge < -0.3 is 14.2 Å². The van der Waals surface area contributed by atoms with E-state index in [1.165, 1.54) is 0 Å². The summed E-state index contributed by atoms with van der Waals surface area (Å²) in [6, 6.07) is 13.8. The van der Waals surface area contributed by atoms with Gasteiger partial charge in [0.05, 0.1) is 0 Å². The summed E-state index contributed by atoms with van der Waals surface area (Å²) in [4.78, 5) is 27.4. The monoisotopic (exact) mass is 366 g/mol. The summed E-state index contributed by atoms with van der Waals surface area (Å²) in [5, 5.41) is 0. The fourth-order valence-electron chi connectivity index (χ4n) is 4.26. The number of hydrogen-bond acceptors (Lipinski definition) is 3. The number of fused-ring (bicyclic) bond motifs is 4. The molecule has 1 amide bonds. The Balaban J connectivity index is 1.63. The van der Waals surface area contributed by atoms with Crippen LogP contribution in [-0.2, 0) is 11.3 Å². The molecule has 2 atom stereocenters. The van der Waals surface area contributed by atoms with E-state index in [1.807, 2.05) is 66.6 Å². The van der Waals surface area contributed by atoms with Gasteiger partial charge >= 0.3 is 6.09 Å². The molecule has 5 nitrogen and oxygen atoms in total. The summed E-state index contributed by atoms with van der Waals surface area (Å²) < 4.78 is 7.47. The molecule has 2 bridgehead atoms. The van der Waals surface area contributed by atoms with Crippen molar-refractivity contribution < 1.29 is 9.53 Å². The molecule has 0 radical (unpaired) electrons. The lowest BCUT2D eigenvalue weighted by Crippen LogP contribution is -2.50. The standard InChI is InChI=1S/C22H26N2O3/c1-22(2,3)27-21(26)23-12-15-11-17(14-23)19-10-9-18(20(25)24(19)13-15)16-7-5-4-6-8-16/h4-10,15,17H,11-14H2,1-3H3. The van der Waals surface area contributed by atoms with Gasteiger partial charge in [-0.1, -0.05) is 30.3 Å². The topological polar surface area (TPSA) is 51.5 Å². The maximum atomic E-state index is 13.1. The lowest BCUT2D eigenvalue weighted by Gasteiger charge is -2.43. The van der Waals surface area contributed by atoms with Gasteiger partial charge in [-0.2, -0.15) is 0 Å². The van der Waals surface area contributed by atoms with Gasteiger partial charge in [0.1, 0.15) is 5.60 Å². The van der Waals surface area contributed by atoms with Crippen molar-refractivity contribution in [3.8, 4) is 11.1 Å². The first kappa shape index (κ1) is 17.8. The molecule has 2 unspecified atom stereocenters. The number of hydrogen-bond donors (Lipinski definition) is 0. The number of pyridine rings is 1. The Morgan fingerprint density at radius 2 is 1.78 bits per heavy atom. The van der Waals surface area contributed by atoms with Crippen molar-refractivity contribution >= 4 is 6.09 Å². The predicted molar refractivity (Wildman–Crippen MR) is 105 cm³/mol. The number of nitrogens with zero attached hydrogens (tertiary/aromatic N) is 2. The first-order valence-electron chi connectivity index (χ1n) is 9.59. The van der Waals surface area contributed by atoms with Crippen molar-refractivity contribution in [2.45, 2.75) is 45.3 Å². The van der Waals surface area contributed by atoms with Crippen molar-refractivity contribution in [1.82, 2.24) is 9.47 Å². The number of piperidine rings is 1. The van der Waals surface area contributed by atoms with Crippen LogP contribution in [0.25, 0.3) is 11.1 Å². The van der Waals surface area contributed by atoms with E-state index >= 15 is 0 Å². The number of rotatable bonds is 1. The van der Waals surface area contributed by atoms with Crippen LogP contribution >= 0.6 is 0 Å². The minimum absolute atomic E-state index is 0.0686. The van der Waals surface area contributed by atoms with Gasteiger partial charge in [-0.3, -0.25) is 4.79 Å². The fraction of sp³-hybridized carbons (Fsp3) is 0.455. The average Bonchev–Trinajstić information content (AvgIpc) is 2.62. The third kappa shape index (κ3) is 3.51. The summed E-state index contributed by atoms with van der Waals surface area (Å²) in [6.07, 6.45) is 0.762. The Morgan fingerprint density at radius 1 is 1.04 bits per heavy atom. The maximum Gasteiger partial charge on any atom is 0.410 e. The zero-order chi connectivity index (χ0) is 19.2. The second-order valence-corrected chi connectivity index (χ2v) is 8.64. The molecule has 0 aliphatic carbocycles. The molecule has 2 aromatic rings. The van der Waals surface area contributed by atoms with Crippen LogP contribution in [-0.4, -0.2) is 34.3 Å². The van der Waals surface area contributed by atoms with Gasteiger partial charge in [0.2, 0.25) is 0 Å². The summed E-state index contributed by atoms with van der Waals surface area (Å²) in [5.41, 5.74) is 2.29. The Morgan fingerprint density at radius 3 is 2.48 bits per heavy atom. The van der Waals surface area contributed by atoms with Gasteiger partial charge in [-0.05, 0) is 50.8 Å².